The number of carbonyl (C=O) groups excluding carboxylic acids is 2. The lowest BCUT2D eigenvalue weighted by molar-refractivity contribution is -0.113. The molecule has 0 spiro atoms. The number of morpholine rings is 1. The molecule has 1 amide bonds. The van der Waals surface area contributed by atoms with Crippen molar-refractivity contribution in [3.05, 3.63) is 16.5 Å². The van der Waals surface area contributed by atoms with Crippen LogP contribution in [0, 0.1) is 5.92 Å². The van der Waals surface area contributed by atoms with Crippen LogP contribution in [0.25, 0.3) is 0 Å². The number of nitrogens with one attached hydrogen (secondary N) is 1. The van der Waals surface area contributed by atoms with Crippen molar-refractivity contribution in [3.63, 3.8) is 0 Å². The van der Waals surface area contributed by atoms with Crippen molar-refractivity contribution in [3.8, 4) is 0 Å². The summed E-state index contributed by atoms with van der Waals surface area (Å²) < 4.78 is 12.7. The second-order valence-corrected chi connectivity index (χ2v) is 9.83. The molecule has 0 atom stereocenters. The molecular weight excluding hydrogens is 450 g/mol. The lowest BCUT2D eigenvalue weighted by atomic mass is 10.2. The van der Waals surface area contributed by atoms with Crippen LogP contribution >= 0.6 is 23.1 Å². The van der Waals surface area contributed by atoms with Crippen LogP contribution < -0.4 is 10.2 Å². The van der Waals surface area contributed by atoms with E-state index in [1.54, 1.807) is 13.0 Å². The fourth-order valence-electron chi connectivity index (χ4n) is 3.27. The maximum absolute atomic E-state index is 12.7. The summed E-state index contributed by atoms with van der Waals surface area (Å²) in [5.41, 5.74) is 0.407. The minimum atomic E-state index is -0.418. The van der Waals surface area contributed by atoms with Crippen LogP contribution in [-0.4, -0.2) is 65.3 Å². The van der Waals surface area contributed by atoms with Gasteiger partial charge in [-0.05, 0) is 25.3 Å². The summed E-state index contributed by atoms with van der Waals surface area (Å²) in [5.74, 6) is 0.779. The first-order valence-electron chi connectivity index (χ1n) is 10.9. The molecule has 32 heavy (non-hydrogen) atoms. The van der Waals surface area contributed by atoms with Crippen molar-refractivity contribution in [1.82, 2.24) is 14.8 Å². The summed E-state index contributed by atoms with van der Waals surface area (Å²) >= 11 is 2.75. The monoisotopic (exact) mass is 481 g/mol. The number of thioether (sulfide) groups is 1. The quantitative estimate of drug-likeness (QED) is 0.408. The standard InChI is InChI=1S/C21H31N5O4S2/c1-5-15-11-16(19(28)30-6-2)18(32-15)22-17(27)13-31-21-24-23-20(26(21)12-14(3)4)25-7-9-29-10-8-25/h11,14H,5-10,12-13H2,1-4H3,(H,22,27). The van der Waals surface area contributed by atoms with Crippen molar-refractivity contribution in [2.45, 2.75) is 45.8 Å². The van der Waals surface area contributed by atoms with E-state index in [1.807, 2.05) is 6.92 Å². The van der Waals surface area contributed by atoms with E-state index >= 15 is 0 Å². The predicted molar refractivity (Wildman–Crippen MR) is 127 cm³/mol. The van der Waals surface area contributed by atoms with E-state index in [0.717, 1.165) is 36.9 Å². The number of thiophene rings is 1. The fraction of sp³-hybridized carbons (Fsp3) is 0.619. The van der Waals surface area contributed by atoms with Crippen LogP contribution in [0.15, 0.2) is 11.2 Å². The van der Waals surface area contributed by atoms with Crippen molar-refractivity contribution in [1.29, 1.82) is 0 Å². The Balaban J connectivity index is 1.69. The molecule has 1 aliphatic heterocycles. The van der Waals surface area contributed by atoms with Crippen molar-refractivity contribution < 1.29 is 19.1 Å². The van der Waals surface area contributed by atoms with E-state index < -0.39 is 5.97 Å². The Morgan fingerprint density at radius 3 is 2.69 bits per heavy atom. The number of anilines is 2. The van der Waals surface area contributed by atoms with Crippen LogP contribution in [0.2, 0.25) is 0 Å². The SMILES string of the molecule is CCOC(=O)c1cc(CC)sc1NC(=O)CSc1nnc(N2CCOCC2)n1CC(C)C. The smallest absolute Gasteiger partial charge is 0.341 e. The topological polar surface area (TPSA) is 98.6 Å². The van der Waals surface area contributed by atoms with E-state index in [4.69, 9.17) is 9.47 Å². The highest BCUT2D eigenvalue weighted by molar-refractivity contribution is 7.99. The van der Waals surface area contributed by atoms with Gasteiger partial charge in [0.15, 0.2) is 5.16 Å². The normalized spacial score (nSPS) is 14.1. The maximum Gasteiger partial charge on any atom is 0.341 e. The van der Waals surface area contributed by atoms with E-state index in [1.165, 1.54) is 23.1 Å². The molecule has 0 unspecified atom stereocenters. The average Bonchev–Trinajstić information content (AvgIpc) is 3.36. The first kappa shape index (κ1) is 24.5. The van der Waals surface area contributed by atoms with Crippen LogP contribution in [0.5, 0.6) is 0 Å². The molecule has 2 aromatic rings. The maximum atomic E-state index is 12.7. The van der Waals surface area contributed by atoms with Gasteiger partial charge in [-0.25, -0.2) is 4.79 Å². The first-order chi connectivity index (χ1) is 15.4. The molecular formula is C21H31N5O4S2. The molecule has 11 heteroatoms. The summed E-state index contributed by atoms with van der Waals surface area (Å²) in [6.07, 6.45) is 0.782. The van der Waals surface area contributed by atoms with Gasteiger partial charge in [0, 0.05) is 24.5 Å². The molecule has 0 aliphatic carbocycles. The molecule has 3 heterocycles. The third kappa shape index (κ3) is 6.23. The van der Waals surface area contributed by atoms with E-state index in [-0.39, 0.29) is 18.3 Å². The zero-order chi connectivity index (χ0) is 23.1. The molecule has 1 fully saturated rings. The van der Waals surface area contributed by atoms with Gasteiger partial charge < -0.3 is 19.7 Å². The van der Waals surface area contributed by atoms with Crippen LogP contribution in [0.3, 0.4) is 0 Å². The number of esters is 1. The van der Waals surface area contributed by atoms with Gasteiger partial charge in [0.1, 0.15) is 5.00 Å². The highest BCUT2D eigenvalue weighted by Crippen LogP contribution is 2.30. The minimum absolute atomic E-state index is 0.168. The van der Waals surface area contributed by atoms with Crippen molar-refractivity contribution in [2.24, 2.45) is 5.92 Å². The number of hydrogen-bond acceptors (Lipinski definition) is 9. The van der Waals surface area contributed by atoms with E-state index in [9.17, 15) is 9.59 Å². The predicted octanol–water partition coefficient (Wildman–Crippen LogP) is 3.30. The van der Waals surface area contributed by atoms with Gasteiger partial charge in [-0.15, -0.1) is 21.5 Å². The van der Waals surface area contributed by atoms with Gasteiger partial charge in [-0.2, -0.15) is 0 Å². The molecule has 9 nitrogen and oxygen atoms in total. The number of ether oxygens (including phenoxy) is 2. The lowest BCUT2D eigenvalue weighted by Crippen LogP contribution is -2.38. The zero-order valence-corrected chi connectivity index (χ0v) is 20.7. The minimum Gasteiger partial charge on any atom is -0.462 e. The largest absolute Gasteiger partial charge is 0.462 e. The average molecular weight is 482 g/mol. The second kappa shape index (κ2) is 11.7. The van der Waals surface area contributed by atoms with Crippen molar-refractivity contribution >= 4 is 45.9 Å². The van der Waals surface area contributed by atoms with Crippen LogP contribution in [0.4, 0.5) is 10.9 Å². The van der Waals surface area contributed by atoms with Gasteiger partial charge in [-0.3, -0.25) is 9.36 Å². The zero-order valence-electron chi connectivity index (χ0n) is 19.0. The molecule has 0 aromatic carbocycles. The Morgan fingerprint density at radius 2 is 2.03 bits per heavy atom. The van der Waals surface area contributed by atoms with Gasteiger partial charge in [0.25, 0.3) is 0 Å². The second-order valence-electron chi connectivity index (χ2n) is 7.75. The summed E-state index contributed by atoms with van der Waals surface area (Å²) in [6.45, 7) is 12.0. The number of carbonyl (C=O) groups is 2. The number of rotatable bonds is 10. The Kier molecular flexibility index (Phi) is 8.94. The number of aromatic nitrogens is 3. The van der Waals surface area contributed by atoms with Gasteiger partial charge >= 0.3 is 5.97 Å². The molecule has 1 aliphatic rings. The first-order valence-corrected chi connectivity index (χ1v) is 12.7. The molecule has 1 saturated heterocycles. The molecule has 0 bridgehead atoms. The summed E-state index contributed by atoms with van der Waals surface area (Å²) in [7, 11) is 0. The molecule has 2 aromatic heterocycles. The highest BCUT2D eigenvalue weighted by atomic mass is 32.2. The van der Waals surface area contributed by atoms with Crippen molar-refractivity contribution in [2.75, 3.05) is 48.9 Å². The molecule has 1 N–H and O–H groups in total. The highest BCUT2D eigenvalue weighted by Gasteiger charge is 2.23. The molecule has 3 rings (SSSR count). The number of amides is 1. The van der Waals surface area contributed by atoms with Gasteiger partial charge in [-0.1, -0.05) is 32.5 Å². The van der Waals surface area contributed by atoms with Gasteiger partial charge in [0.05, 0.1) is 31.1 Å². The Hall–Kier alpha value is -2.11. The number of aryl methyl sites for hydroxylation is 1. The summed E-state index contributed by atoms with van der Waals surface area (Å²) in [4.78, 5) is 28.1. The fourth-order valence-corrected chi connectivity index (χ4v) is 5.02. The molecule has 176 valence electrons. The number of hydrogen-bond donors (Lipinski definition) is 1. The van der Waals surface area contributed by atoms with Gasteiger partial charge in [0.2, 0.25) is 11.9 Å². The summed E-state index contributed by atoms with van der Waals surface area (Å²) in [6, 6.07) is 1.79. The van der Waals surface area contributed by atoms with E-state index in [2.05, 4.69) is 38.8 Å². The van der Waals surface area contributed by atoms with Crippen LogP contribution in [-0.2, 0) is 27.2 Å². The Labute approximate surface area is 196 Å². The summed E-state index contributed by atoms with van der Waals surface area (Å²) in [5, 5.41) is 12.9. The van der Waals surface area contributed by atoms with E-state index in [0.29, 0.717) is 34.9 Å². The molecule has 0 radical (unpaired) electrons. The third-order valence-corrected chi connectivity index (χ3v) is 6.91. The lowest BCUT2D eigenvalue weighted by Gasteiger charge is -2.28. The Bertz CT molecular complexity index is 921. The third-order valence-electron chi connectivity index (χ3n) is 4.75. The molecule has 0 saturated carbocycles. The van der Waals surface area contributed by atoms with Crippen LogP contribution in [0.1, 0.15) is 42.9 Å². The Morgan fingerprint density at radius 1 is 1.28 bits per heavy atom. The number of nitrogens with zero attached hydrogens (tertiary/aromatic N) is 4.